The van der Waals surface area contributed by atoms with Crippen molar-refractivity contribution in [1.29, 1.82) is 0 Å². The maximum Gasteiger partial charge on any atom is 0.251 e. The Labute approximate surface area is 88.4 Å². The van der Waals surface area contributed by atoms with Gasteiger partial charge in [0.1, 0.15) is 0 Å². The zero-order chi connectivity index (χ0) is 10.4. The van der Waals surface area contributed by atoms with Crippen LogP contribution in [-0.2, 0) is 0 Å². The van der Waals surface area contributed by atoms with Gasteiger partial charge in [-0.25, -0.2) is 8.78 Å². The third kappa shape index (κ3) is 5.12. The van der Waals surface area contributed by atoms with Crippen molar-refractivity contribution in [3.05, 3.63) is 0 Å². The lowest BCUT2D eigenvalue weighted by Crippen LogP contribution is -2.40. The number of nitrogens with zero attached hydrogens (tertiary/aromatic N) is 1. The maximum atomic E-state index is 12.0. The van der Waals surface area contributed by atoms with E-state index >= 15 is 0 Å². The fourth-order valence-corrected chi connectivity index (χ4v) is 2.51. The van der Waals surface area contributed by atoms with Crippen molar-refractivity contribution in [1.82, 2.24) is 10.2 Å². The molecule has 1 aliphatic heterocycles. The number of rotatable bonds is 5. The largest absolute Gasteiger partial charge is 0.312 e. The van der Waals surface area contributed by atoms with Crippen LogP contribution in [0.15, 0.2) is 0 Å². The first-order chi connectivity index (χ1) is 6.68. The summed E-state index contributed by atoms with van der Waals surface area (Å²) in [5.41, 5.74) is 0. The van der Waals surface area contributed by atoms with Crippen molar-refractivity contribution in [2.75, 3.05) is 38.2 Å². The van der Waals surface area contributed by atoms with E-state index in [1.165, 1.54) is 5.75 Å². The fraction of sp³-hybridized carbons (Fsp3) is 1.00. The summed E-state index contributed by atoms with van der Waals surface area (Å²) < 4.78 is 24.0. The van der Waals surface area contributed by atoms with Gasteiger partial charge in [0.2, 0.25) is 0 Å². The lowest BCUT2D eigenvalue weighted by molar-refractivity contribution is 0.0988. The molecule has 1 atom stereocenters. The summed E-state index contributed by atoms with van der Waals surface area (Å²) in [6.45, 7) is 1.69. The number of halogens is 2. The van der Waals surface area contributed by atoms with Crippen LogP contribution in [0.25, 0.3) is 0 Å². The van der Waals surface area contributed by atoms with Gasteiger partial charge in [0.25, 0.3) is 6.43 Å². The molecule has 1 aliphatic rings. The molecule has 0 aromatic carbocycles. The average molecular weight is 224 g/mol. The van der Waals surface area contributed by atoms with Crippen molar-refractivity contribution in [2.45, 2.75) is 18.9 Å². The molecule has 1 fully saturated rings. The lowest BCUT2D eigenvalue weighted by Gasteiger charge is -2.25. The van der Waals surface area contributed by atoms with Crippen LogP contribution in [-0.4, -0.2) is 55.6 Å². The second kappa shape index (κ2) is 6.58. The van der Waals surface area contributed by atoms with Gasteiger partial charge in [-0.3, -0.25) is 0 Å². The average Bonchev–Trinajstić information content (AvgIpc) is 2.15. The van der Waals surface area contributed by atoms with Crippen LogP contribution in [0.4, 0.5) is 8.78 Å². The van der Waals surface area contributed by atoms with Crippen LogP contribution in [0.1, 0.15) is 6.42 Å². The molecular formula is C9H18F2N2S. The van der Waals surface area contributed by atoms with E-state index in [2.05, 4.69) is 5.32 Å². The molecule has 1 N–H and O–H groups in total. The summed E-state index contributed by atoms with van der Waals surface area (Å²) in [5.74, 6) is 2.28. The molecule has 1 heterocycles. The SMILES string of the molecule is CN(CCC1CSCCN1)CC(F)F. The maximum absolute atomic E-state index is 12.0. The zero-order valence-electron chi connectivity index (χ0n) is 8.51. The van der Waals surface area contributed by atoms with E-state index in [9.17, 15) is 8.78 Å². The van der Waals surface area contributed by atoms with Crippen LogP contribution in [0.3, 0.4) is 0 Å². The van der Waals surface area contributed by atoms with Gasteiger partial charge >= 0.3 is 0 Å². The van der Waals surface area contributed by atoms with Crippen LogP contribution in [0.2, 0.25) is 0 Å². The van der Waals surface area contributed by atoms with E-state index < -0.39 is 6.43 Å². The van der Waals surface area contributed by atoms with Gasteiger partial charge in [-0.15, -0.1) is 0 Å². The molecule has 2 nitrogen and oxygen atoms in total. The molecule has 1 rings (SSSR count). The Bertz CT molecular complexity index is 152. The third-order valence-corrected chi connectivity index (χ3v) is 3.44. The van der Waals surface area contributed by atoms with E-state index in [0.29, 0.717) is 6.04 Å². The molecule has 0 aromatic heterocycles. The topological polar surface area (TPSA) is 15.3 Å². The lowest BCUT2D eigenvalue weighted by atomic mass is 10.2. The molecule has 0 amide bonds. The van der Waals surface area contributed by atoms with Gasteiger partial charge < -0.3 is 10.2 Å². The van der Waals surface area contributed by atoms with Crippen molar-refractivity contribution in [3.8, 4) is 0 Å². The highest BCUT2D eigenvalue weighted by atomic mass is 32.2. The van der Waals surface area contributed by atoms with E-state index in [4.69, 9.17) is 0 Å². The van der Waals surface area contributed by atoms with Crippen LogP contribution < -0.4 is 5.32 Å². The number of hydrogen-bond donors (Lipinski definition) is 1. The molecule has 5 heteroatoms. The molecule has 0 spiro atoms. The minimum absolute atomic E-state index is 0.111. The van der Waals surface area contributed by atoms with Crippen LogP contribution in [0.5, 0.6) is 0 Å². The minimum atomic E-state index is -2.21. The Morgan fingerprint density at radius 2 is 2.36 bits per heavy atom. The summed E-state index contributed by atoms with van der Waals surface area (Å²) >= 11 is 1.94. The number of alkyl halides is 2. The summed E-state index contributed by atoms with van der Waals surface area (Å²) in [6, 6.07) is 0.508. The summed E-state index contributed by atoms with van der Waals surface area (Å²) in [7, 11) is 1.75. The second-order valence-corrected chi connectivity index (χ2v) is 4.82. The van der Waals surface area contributed by atoms with Gasteiger partial charge in [-0.1, -0.05) is 0 Å². The number of nitrogens with one attached hydrogen (secondary N) is 1. The van der Waals surface area contributed by atoms with Gasteiger partial charge in [-0.2, -0.15) is 11.8 Å². The monoisotopic (exact) mass is 224 g/mol. The van der Waals surface area contributed by atoms with Gasteiger partial charge in [0, 0.05) is 24.1 Å². The van der Waals surface area contributed by atoms with Crippen molar-refractivity contribution in [2.24, 2.45) is 0 Å². The highest BCUT2D eigenvalue weighted by Gasteiger charge is 2.14. The van der Waals surface area contributed by atoms with Crippen molar-refractivity contribution < 1.29 is 8.78 Å². The molecule has 84 valence electrons. The van der Waals surface area contributed by atoms with Crippen LogP contribution >= 0.6 is 11.8 Å². The van der Waals surface area contributed by atoms with Crippen LogP contribution in [0, 0.1) is 0 Å². The normalized spacial score (nSPS) is 23.4. The predicted molar refractivity (Wildman–Crippen MR) is 57.2 cm³/mol. The molecule has 1 unspecified atom stereocenters. The Morgan fingerprint density at radius 3 is 2.93 bits per heavy atom. The first kappa shape index (κ1) is 12.2. The van der Waals surface area contributed by atoms with E-state index in [1.807, 2.05) is 11.8 Å². The fourth-order valence-electron chi connectivity index (χ4n) is 1.51. The number of thioether (sulfide) groups is 1. The molecule has 0 radical (unpaired) electrons. The predicted octanol–water partition coefficient (Wildman–Crippen LogP) is 1.28. The molecular weight excluding hydrogens is 206 g/mol. The van der Waals surface area contributed by atoms with E-state index in [-0.39, 0.29) is 6.54 Å². The van der Waals surface area contributed by atoms with E-state index in [1.54, 1.807) is 11.9 Å². The van der Waals surface area contributed by atoms with Gasteiger partial charge in [0.15, 0.2) is 0 Å². The quantitative estimate of drug-likeness (QED) is 0.757. The summed E-state index contributed by atoms with van der Waals surface area (Å²) in [5, 5.41) is 3.39. The molecule has 0 aromatic rings. The zero-order valence-corrected chi connectivity index (χ0v) is 9.33. The third-order valence-electron chi connectivity index (χ3n) is 2.31. The first-order valence-corrected chi connectivity index (χ1v) is 6.12. The second-order valence-electron chi connectivity index (χ2n) is 3.67. The molecule has 0 aliphatic carbocycles. The number of hydrogen-bond acceptors (Lipinski definition) is 3. The van der Waals surface area contributed by atoms with Crippen molar-refractivity contribution in [3.63, 3.8) is 0 Å². The van der Waals surface area contributed by atoms with Gasteiger partial charge in [-0.05, 0) is 20.0 Å². The van der Waals surface area contributed by atoms with E-state index in [0.717, 1.165) is 25.3 Å². The Kier molecular flexibility index (Phi) is 5.74. The standard InChI is InChI=1S/C9H18F2N2S/c1-13(6-9(10)11)4-2-8-7-14-5-3-12-8/h8-9,12H,2-7H2,1H3. The Morgan fingerprint density at radius 1 is 1.57 bits per heavy atom. The highest BCUT2D eigenvalue weighted by molar-refractivity contribution is 7.99. The summed E-state index contributed by atoms with van der Waals surface area (Å²) in [6.07, 6.45) is -1.25. The molecule has 0 bridgehead atoms. The van der Waals surface area contributed by atoms with Gasteiger partial charge in [0.05, 0.1) is 6.54 Å². The molecule has 14 heavy (non-hydrogen) atoms. The molecule has 1 saturated heterocycles. The smallest absolute Gasteiger partial charge is 0.251 e. The minimum Gasteiger partial charge on any atom is -0.312 e. The molecule has 0 saturated carbocycles. The summed E-state index contributed by atoms with van der Waals surface area (Å²) in [4.78, 5) is 1.70. The first-order valence-electron chi connectivity index (χ1n) is 4.96. The Balaban J connectivity index is 2.06. The van der Waals surface area contributed by atoms with Crippen molar-refractivity contribution >= 4 is 11.8 Å². The Hall–Kier alpha value is 0.130. The highest BCUT2D eigenvalue weighted by Crippen LogP contribution is 2.10.